The molecule has 2 aromatic carbocycles. The number of carbonyl (C=O) groups is 2. The van der Waals surface area contributed by atoms with Crippen molar-refractivity contribution in [3.05, 3.63) is 82.3 Å². The van der Waals surface area contributed by atoms with Gasteiger partial charge < -0.3 is 23.8 Å². The normalized spacial score (nSPS) is 19.9. The van der Waals surface area contributed by atoms with Crippen LogP contribution in [0.3, 0.4) is 0 Å². The number of esters is 1. The number of rotatable bonds is 8. The lowest BCUT2D eigenvalue weighted by atomic mass is 9.83. The summed E-state index contributed by atoms with van der Waals surface area (Å²) in [6.45, 7) is 4.76. The number of fused-ring (bicyclic) bond motifs is 4. The monoisotopic (exact) mass is 634 g/mol. The number of nitrogens with one attached hydrogen (secondary N) is 1. The minimum atomic E-state index is -4.02. The number of benzene rings is 2. The number of anilines is 2. The second-order valence-corrected chi connectivity index (χ2v) is 13.6. The van der Waals surface area contributed by atoms with E-state index in [9.17, 15) is 22.8 Å². The van der Waals surface area contributed by atoms with E-state index in [0.29, 0.717) is 74.9 Å². The van der Waals surface area contributed by atoms with E-state index in [0.717, 1.165) is 12.1 Å². The van der Waals surface area contributed by atoms with Crippen LogP contribution in [0.4, 0.5) is 11.4 Å². The van der Waals surface area contributed by atoms with E-state index in [-0.39, 0.29) is 40.1 Å². The lowest BCUT2D eigenvalue weighted by molar-refractivity contribution is -0.149. The zero-order chi connectivity index (χ0) is 31.7. The molecule has 2 bridgehead atoms. The second kappa shape index (κ2) is 12.6. The third-order valence-corrected chi connectivity index (χ3v) is 10.5. The molecular weight excluding hydrogens is 596 g/mol. The minimum Gasteiger partial charge on any atom is -0.497 e. The number of aromatic nitrogens is 1. The van der Waals surface area contributed by atoms with Gasteiger partial charge in [0.25, 0.3) is 21.5 Å². The smallest absolute Gasteiger partial charge is 0.309 e. The number of hydrogen-bond acceptors (Lipinski definition) is 8. The number of sulfonamides is 1. The van der Waals surface area contributed by atoms with Gasteiger partial charge in [0.05, 0.1) is 35.9 Å². The van der Waals surface area contributed by atoms with Crippen molar-refractivity contribution in [3.8, 4) is 5.75 Å². The van der Waals surface area contributed by atoms with Gasteiger partial charge in [0.2, 0.25) is 0 Å². The van der Waals surface area contributed by atoms with E-state index in [1.165, 1.54) is 19.2 Å². The Kier molecular flexibility index (Phi) is 8.59. The van der Waals surface area contributed by atoms with Crippen molar-refractivity contribution in [1.29, 1.82) is 0 Å². The van der Waals surface area contributed by atoms with Crippen molar-refractivity contribution in [3.63, 3.8) is 0 Å². The number of ether oxygens (including phenoxy) is 2. The van der Waals surface area contributed by atoms with Gasteiger partial charge in [0, 0.05) is 56.0 Å². The molecular formula is C33H38N4O7S. The fourth-order valence-corrected chi connectivity index (χ4v) is 7.90. The van der Waals surface area contributed by atoms with Gasteiger partial charge in [-0.15, -0.1) is 0 Å². The van der Waals surface area contributed by atoms with Gasteiger partial charge in [0.15, 0.2) is 0 Å². The Morgan fingerprint density at radius 2 is 1.73 bits per heavy atom. The summed E-state index contributed by atoms with van der Waals surface area (Å²) in [5, 5.41) is 0. The summed E-state index contributed by atoms with van der Waals surface area (Å²) in [4.78, 5) is 42.3. The first-order valence-electron chi connectivity index (χ1n) is 15.4. The topological polar surface area (TPSA) is 127 Å². The maximum absolute atomic E-state index is 13.6. The van der Waals surface area contributed by atoms with Gasteiger partial charge in [-0.3, -0.25) is 19.1 Å². The summed E-state index contributed by atoms with van der Waals surface area (Å²) < 4.78 is 42.2. The molecule has 1 amide bonds. The standard InChI is InChI=1S/C33H38N4O7S/c1-3-44-33(40)23-13-15-35(16-14-23)32(39)24-7-12-30(28(18-24)34-45(41,42)27-10-8-26(43-2)9-11-27)36-19-22-17-25(21-36)29-5-4-6-31(38)37(29)20-22/h4-12,18,22-23,25,34H,3,13-17,19-21H2,1-2H3/t22-,25+/m1/s1. The Labute approximate surface area is 262 Å². The van der Waals surface area contributed by atoms with E-state index >= 15 is 0 Å². The molecule has 2 saturated heterocycles. The number of likely N-dealkylation sites (tertiary alicyclic amines) is 1. The molecule has 1 aromatic heterocycles. The first-order chi connectivity index (χ1) is 21.7. The van der Waals surface area contributed by atoms with E-state index < -0.39 is 10.0 Å². The zero-order valence-electron chi connectivity index (χ0n) is 25.5. The molecule has 2 fully saturated rings. The number of amides is 1. The van der Waals surface area contributed by atoms with Crippen LogP contribution in [0.2, 0.25) is 0 Å². The van der Waals surface area contributed by atoms with Crippen LogP contribution < -0.4 is 19.9 Å². The molecule has 0 saturated carbocycles. The number of nitrogens with zero attached hydrogens (tertiary/aromatic N) is 3. The van der Waals surface area contributed by atoms with Gasteiger partial charge in [-0.1, -0.05) is 6.07 Å². The van der Waals surface area contributed by atoms with Crippen molar-refractivity contribution in [2.24, 2.45) is 11.8 Å². The largest absolute Gasteiger partial charge is 0.497 e. The van der Waals surface area contributed by atoms with Crippen molar-refractivity contribution in [2.75, 3.05) is 49.5 Å². The van der Waals surface area contributed by atoms with Crippen LogP contribution in [0.25, 0.3) is 0 Å². The molecule has 11 nitrogen and oxygen atoms in total. The van der Waals surface area contributed by atoms with Crippen LogP contribution in [0.1, 0.15) is 48.2 Å². The summed E-state index contributed by atoms with van der Waals surface area (Å²) in [5.41, 5.74) is 2.32. The predicted octanol–water partition coefficient (Wildman–Crippen LogP) is 3.70. The molecule has 3 aliphatic heterocycles. The summed E-state index contributed by atoms with van der Waals surface area (Å²) in [7, 11) is -2.50. The number of carbonyl (C=O) groups excluding carboxylic acids is 2. The molecule has 0 unspecified atom stereocenters. The summed E-state index contributed by atoms with van der Waals surface area (Å²) in [5.74, 6) is 0.167. The molecule has 238 valence electrons. The summed E-state index contributed by atoms with van der Waals surface area (Å²) >= 11 is 0. The molecule has 0 spiro atoms. The fourth-order valence-electron chi connectivity index (χ4n) is 6.84. The number of pyridine rings is 1. The molecule has 6 rings (SSSR count). The molecule has 0 aliphatic carbocycles. The van der Waals surface area contributed by atoms with Crippen molar-refractivity contribution < 1.29 is 27.5 Å². The Balaban J connectivity index is 1.30. The molecule has 0 radical (unpaired) electrons. The number of methoxy groups -OCH3 is 1. The van der Waals surface area contributed by atoms with Gasteiger partial charge in [0.1, 0.15) is 5.75 Å². The minimum absolute atomic E-state index is 0.00209. The lowest BCUT2D eigenvalue weighted by Crippen LogP contribution is -2.47. The second-order valence-electron chi connectivity index (χ2n) is 11.9. The molecule has 4 heterocycles. The van der Waals surface area contributed by atoms with Crippen LogP contribution in [0, 0.1) is 11.8 Å². The third-order valence-electron chi connectivity index (χ3n) is 9.08. The highest BCUT2D eigenvalue weighted by atomic mass is 32.2. The van der Waals surface area contributed by atoms with Gasteiger partial charge in [-0.2, -0.15) is 0 Å². The molecule has 12 heteroatoms. The lowest BCUT2D eigenvalue weighted by Gasteiger charge is -2.44. The SMILES string of the molecule is CCOC(=O)C1CCN(C(=O)c2ccc(N3C[C@H]4C[C@@H](C3)c3cccc(=O)n3C4)c(NS(=O)(=O)c3ccc(OC)cc3)c2)CC1. The average Bonchev–Trinajstić information content (AvgIpc) is 3.05. The van der Waals surface area contributed by atoms with Crippen LogP contribution in [0.5, 0.6) is 5.75 Å². The fraction of sp³-hybridized carbons (Fsp3) is 0.424. The molecule has 2 atom stereocenters. The van der Waals surface area contributed by atoms with E-state index in [1.54, 1.807) is 48.2 Å². The maximum Gasteiger partial charge on any atom is 0.309 e. The first kappa shape index (κ1) is 30.7. The Morgan fingerprint density at radius 3 is 2.44 bits per heavy atom. The van der Waals surface area contributed by atoms with E-state index in [4.69, 9.17) is 9.47 Å². The Hall–Kier alpha value is -4.32. The zero-order valence-corrected chi connectivity index (χ0v) is 26.3. The van der Waals surface area contributed by atoms with Crippen molar-refractivity contribution >= 4 is 33.3 Å². The maximum atomic E-state index is 13.6. The first-order valence-corrected chi connectivity index (χ1v) is 16.9. The number of piperidine rings is 2. The van der Waals surface area contributed by atoms with Crippen molar-refractivity contribution in [2.45, 2.75) is 43.5 Å². The average molecular weight is 635 g/mol. The van der Waals surface area contributed by atoms with E-state index in [2.05, 4.69) is 9.62 Å². The van der Waals surface area contributed by atoms with Gasteiger partial charge in [-0.05, 0) is 80.6 Å². The quantitative estimate of drug-likeness (QED) is 0.372. The third kappa shape index (κ3) is 6.28. The Bertz CT molecular complexity index is 1750. The van der Waals surface area contributed by atoms with E-state index in [1.807, 2.05) is 16.7 Å². The van der Waals surface area contributed by atoms with Crippen LogP contribution in [0.15, 0.2) is 70.4 Å². The predicted molar refractivity (Wildman–Crippen MR) is 169 cm³/mol. The highest BCUT2D eigenvalue weighted by Gasteiger charge is 2.36. The van der Waals surface area contributed by atoms with Gasteiger partial charge in [-0.25, -0.2) is 8.42 Å². The highest BCUT2D eigenvalue weighted by molar-refractivity contribution is 7.92. The van der Waals surface area contributed by atoms with Crippen LogP contribution in [-0.4, -0.2) is 69.7 Å². The van der Waals surface area contributed by atoms with Gasteiger partial charge >= 0.3 is 5.97 Å². The van der Waals surface area contributed by atoms with Crippen LogP contribution in [-0.2, 0) is 26.1 Å². The summed E-state index contributed by atoms with van der Waals surface area (Å²) in [6.07, 6.45) is 1.98. The number of hydrogen-bond donors (Lipinski definition) is 1. The van der Waals surface area contributed by atoms with Crippen LogP contribution >= 0.6 is 0 Å². The molecule has 45 heavy (non-hydrogen) atoms. The molecule has 1 N–H and O–H groups in total. The molecule has 3 aromatic rings. The summed E-state index contributed by atoms with van der Waals surface area (Å²) in [6, 6.07) is 16.6. The molecule has 3 aliphatic rings. The Morgan fingerprint density at radius 1 is 0.978 bits per heavy atom. The highest BCUT2D eigenvalue weighted by Crippen LogP contribution is 2.40. The van der Waals surface area contributed by atoms with Crippen molar-refractivity contribution in [1.82, 2.24) is 9.47 Å².